The Bertz CT molecular complexity index is 647. The van der Waals surface area contributed by atoms with Crippen molar-refractivity contribution in [2.45, 2.75) is 32.7 Å². The molecule has 7 heteroatoms. The van der Waals surface area contributed by atoms with Gasteiger partial charge in [-0.05, 0) is 47.3 Å². The Hall–Kier alpha value is -1.89. The first-order chi connectivity index (χ1) is 10.7. The van der Waals surface area contributed by atoms with E-state index < -0.39 is 17.5 Å². The number of carbonyl (C=O) groups is 3. The van der Waals surface area contributed by atoms with Gasteiger partial charge in [-0.15, -0.1) is 0 Å². The van der Waals surface area contributed by atoms with Crippen LogP contribution in [0.15, 0.2) is 28.7 Å². The van der Waals surface area contributed by atoms with Crippen LogP contribution in [-0.2, 0) is 9.59 Å². The van der Waals surface area contributed by atoms with E-state index in [9.17, 15) is 14.4 Å². The van der Waals surface area contributed by atoms with Crippen molar-refractivity contribution in [2.75, 3.05) is 11.9 Å². The van der Waals surface area contributed by atoms with Gasteiger partial charge in [-0.1, -0.05) is 26.0 Å². The van der Waals surface area contributed by atoms with E-state index in [1.54, 1.807) is 25.1 Å². The average Bonchev–Trinajstić information content (AvgIpc) is 2.64. The van der Waals surface area contributed by atoms with Crippen molar-refractivity contribution in [3.63, 3.8) is 0 Å². The zero-order valence-corrected chi connectivity index (χ0v) is 14.9. The number of halogens is 1. The molecule has 0 spiro atoms. The molecular formula is C16H20BrN3O3. The van der Waals surface area contributed by atoms with Gasteiger partial charge in [0.25, 0.3) is 5.91 Å². The lowest BCUT2D eigenvalue weighted by atomic mass is 9.91. The fourth-order valence-corrected chi connectivity index (χ4v) is 3.13. The number of urea groups is 1. The zero-order valence-electron chi connectivity index (χ0n) is 13.4. The van der Waals surface area contributed by atoms with Crippen LogP contribution in [0, 0.1) is 5.92 Å². The maximum atomic E-state index is 12.5. The smallest absolute Gasteiger partial charge is 0.324 e. The van der Waals surface area contributed by atoms with Gasteiger partial charge in [0.15, 0.2) is 0 Å². The summed E-state index contributed by atoms with van der Waals surface area (Å²) in [6.45, 7) is 5.35. The number of para-hydroxylation sites is 1. The van der Waals surface area contributed by atoms with Crippen molar-refractivity contribution in [3.05, 3.63) is 28.7 Å². The molecule has 0 aliphatic carbocycles. The first kappa shape index (κ1) is 17.5. The molecule has 2 N–H and O–H groups in total. The zero-order chi connectivity index (χ0) is 17.2. The van der Waals surface area contributed by atoms with E-state index in [4.69, 9.17) is 0 Å². The fourth-order valence-electron chi connectivity index (χ4n) is 2.74. The maximum absolute atomic E-state index is 12.5. The fraction of sp³-hybridized carbons (Fsp3) is 0.438. The van der Waals surface area contributed by atoms with Crippen LogP contribution in [0.25, 0.3) is 0 Å². The number of rotatable bonds is 5. The Morgan fingerprint density at radius 1 is 1.35 bits per heavy atom. The van der Waals surface area contributed by atoms with Gasteiger partial charge in [0.1, 0.15) is 12.1 Å². The molecule has 1 aliphatic heterocycles. The van der Waals surface area contributed by atoms with Crippen molar-refractivity contribution < 1.29 is 14.4 Å². The highest BCUT2D eigenvalue weighted by atomic mass is 79.9. The number of imide groups is 1. The summed E-state index contributed by atoms with van der Waals surface area (Å²) in [5, 5.41) is 5.38. The van der Waals surface area contributed by atoms with Gasteiger partial charge in [0.2, 0.25) is 5.91 Å². The molecule has 0 bridgehead atoms. The molecule has 1 fully saturated rings. The highest BCUT2D eigenvalue weighted by molar-refractivity contribution is 9.10. The highest BCUT2D eigenvalue weighted by Gasteiger charge is 2.48. The van der Waals surface area contributed by atoms with E-state index in [2.05, 4.69) is 26.6 Å². The molecule has 2 rings (SSSR count). The lowest BCUT2D eigenvalue weighted by molar-refractivity contribution is -0.133. The van der Waals surface area contributed by atoms with Crippen LogP contribution < -0.4 is 10.6 Å². The summed E-state index contributed by atoms with van der Waals surface area (Å²) in [6.07, 6.45) is 0.528. The largest absolute Gasteiger partial charge is 0.325 e. The number of carbonyl (C=O) groups excluding carboxylic acids is 3. The molecule has 1 aromatic rings. The van der Waals surface area contributed by atoms with Crippen molar-refractivity contribution in [1.82, 2.24) is 10.2 Å². The van der Waals surface area contributed by atoms with Crippen molar-refractivity contribution in [3.8, 4) is 0 Å². The Morgan fingerprint density at radius 3 is 2.61 bits per heavy atom. The first-order valence-electron chi connectivity index (χ1n) is 7.41. The quantitative estimate of drug-likeness (QED) is 0.769. The molecular weight excluding hydrogens is 362 g/mol. The van der Waals surface area contributed by atoms with Crippen LogP contribution in [0.5, 0.6) is 0 Å². The van der Waals surface area contributed by atoms with Gasteiger partial charge in [0, 0.05) is 4.47 Å². The van der Waals surface area contributed by atoms with Crippen LogP contribution in [0.4, 0.5) is 10.5 Å². The van der Waals surface area contributed by atoms with Gasteiger partial charge in [0.05, 0.1) is 5.69 Å². The second-order valence-corrected chi connectivity index (χ2v) is 7.13. The topological polar surface area (TPSA) is 78.5 Å². The summed E-state index contributed by atoms with van der Waals surface area (Å²) >= 11 is 3.33. The molecule has 0 aromatic heterocycles. The predicted octanol–water partition coefficient (Wildman–Crippen LogP) is 2.74. The highest BCUT2D eigenvalue weighted by Crippen LogP contribution is 2.25. The number of hydrogen-bond acceptors (Lipinski definition) is 3. The normalized spacial score (nSPS) is 20.8. The summed E-state index contributed by atoms with van der Waals surface area (Å²) in [7, 11) is 0. The van der Waals surface area contributed by atoms with Crippen molar-refractivity contribution in [1.29, 1.82) is 0 Å². The molecule has 6 nitrogen and oxygen atoms in total. The first-order valence-corrected chi connectivity index (χ1v) is 8.21. The minimum absolute atomic E-state index is 0.248. The summed E-state index contributed by atoms with van der Waals surface area (Å²) in [5.74, 6) is -0.536. The molecule has 0 radical (unpaired) electrons. The lowest BCUT2D eigenvalue weighted by Gasteiger charge is -2.23. The third-order valence-electron chi connectivity index (χ3n) is 3.61. The molecule has 1 saturated heterocycles. The number of amides is 4. The molecule has 1 atom stereocenters. The molecule has 1 heterocycles. The minimum atomic E-state index is -0.946. The third kappa shape index (κ3) is 3.90. The Kier molecular flexibility index (Phi) is 5.09. The van der Waals surface area contributed by atoms with Crippen LogP contribution in [0.3, 0.4) is 0 Å². The standard InChI is InChI=1S/C16H20BrN3O3/c1-10(2)8-16(3)14(22)20(15(23)19-16)9-13(21)18-12-7-5-4-6-11(12)17/h4-7,10H,8-9H2,1-3H3,(H,18,21)(H,19,23)/t16-/m1/s1. The second-order valence-electron chi connectivity index (χ2n) is 6.28. The van der Waals surface area contributed by atoms with Gasteiger partial charge in [-0.25, -0.2) is 4.79 Å². The molecule has 23 heavy (non-hydrogen) atoms. The van der Waals surface area contributed by atoms with Crippen LogP contribution >= 0.6 is 15.9 Å². The lowest BCUT2D eigenvalue weighted by Crippen LogP contribution is -2.45. The van der Waals surface area contributed by atoms with Gasteiger partial charge in [-0.2, -0.15) is 0 Å². The van der Waals surface area contributed by atoms with Gasteiger partial charge < -0.3 is 10.6 Å². The van der Waals surface area contributed by atoms with E-state index >= 15 is 0 Å². The van der Waals surface area contributed by atoms with Gasteiger partial charge in [-0.3, -0.25) is 14.5 Å². The Balaban J connectivity index is 2.05. The van der Waals surface area contributed by atoms with E-state index in [1.807, 2.05) is 19.9 Å². The third-order valence-corrected chi connectivity index (χ3v) is 4.30. The van der Waals surface area contributed by atoms with E-state index in [1.165, 1.54) is 0 Å². The maximum Gasteiger partial charge on any atom is 0.325 e. The summed E-state index contributed by atoms with van der Waals surface area (Å²) in [6, 6.07) is 6.61. The van der Waals surface area contributed by atoms with E-state index in [-0.39, 0.29) is 18.4 Å². The summed E-state index contributed by atoms with van der Waals surface area (Å²) in [5.41, 5.74) is -0.353. The van der Waals surface area contributed by atoms with Crippen molar-refractivity contribution >= 4 is 39.5 Å². The van der Waals surface area contributed by atoms with E-state index in [0.29, 0.717) is 12.1 Å². The SMILES string of the molecule is CC(C)C[C@@]1(C)NC(=O)N(CC(=O)Nc2ccccc2Br)C1=O. The Morgan fingerprint density at radius 2 is 2.00 bits per heavy atom. The van der Waals surface area contributed by atoms with E-state index in [0.717, 1.165) is 9.37 Å². The van der Waals surface area contributed by atoms with Crippen LogP contribution in [0.1, 0.15) is 27.2 Å². The molecule has 1 aliphatic rings. The molecule has 0 unspecified atom stereocenters. The monoisotopic (exact) mass is 381 g/mol. The predicted molar refractivity (Wildman–Crippen MR) is 90.9 cm³/mol. The second kappa shape index (κ2) is 6.70. The number of nitrogens with one attached hydrogen (secondary N) is 2. The molecule has 0 saturated carbocycles. The molecule has 1 aromatic carbocycles. The average molecular weight is 382 g/mol. The van der Waals surface area contributed by atoms with Gasteiger partial charge >= 0.3 is 6.03 Å². The minimum Gasteiger partial charge on any atom is -0.324 e. The molecule has 4 amide bonds. The number of nitrogens with zero attached hydrogens (tertiary/aromatic N) is 1. The summed E-state index contributed by atoms with van der Waals surface area (Å²) < 4.78 is 0.732. The summed E-state index contributed by atoms with van der Waals surface area (Å²) in [4.78, 5) is 37.6. The van der Waals surface area contributed by atoms with Crippen LogP contribution in [-0.4, -0.2) is 34.8 Å². The number of benzene rings is 1. The number of anilines is 1. The van der Waals surface area contributed by atoms with Crippen LogP contribution in [0.2, 0.25) is 0 Å². The van der Waals surface area contributed by atoms with Crippen molar-refractivity contribution in [2.24, 2.45) is 5.92 Å². The Labute approximate surface area is 143 Å². The molecule has 124 valence electrons. The number of hydrogen-bond donors (Lipinski definition) is 2.